The monoisotopic (exact) mass is 329 g/mol. The Morgan fingerprint density at radius 3 is 2.95 bits per heavy atom. The van der Waals surface area contributed by atoms with Crippen LogP contribution >= 0.6 is 22.9 Å². The van der Waals surface area contributed by atoms with Crippen LogP contribution in [0.2, 0.25) is 4.34 Å². The number of nitrogens with zero attached hydrogens (tertiary/aromatic N) is 1. The van der Waals surface area contributed by atoms with Crippen LogP contribution in [0.4, 0.5) is 10.5 Å². The molecule has 0 aliphatic heterocycles. The first-order valence-electron chi connectivity index (χ1n) is 6.44. The van der Waals surface area contributed by atoms with Crippen LogP contribution < -0.4 is 10.6 Å². The van der Waals surface area contributed by atoms with Crippen molar-refractivity contribution in [2.45, 2.75) is 26.4 Å². The number of aliphatic hydroxyl groups is 1. The molecule has 1 unspecified atom stereocenters. The largest absolute Gasteiger partial charge is 0.386 e. The number of aromatic nitrogens is 1. The van der Waals surface area contributed by atoms with Gasteiger partial charge in [0.2, 0.25) is 0 Å². The molecule has 0 saturated heterocycles. The summed E-state index contributed by atoms with van der Waals surface area (Å²) in [5.41, 5.74) is 1.19. The lowest BCUT2D eigenvalue weighted by molar-refractivity contribution is 0.178. The van der Waals surface area contributed by atoms with Crippen molar-refractivity contribution in [3.8, 4) is 0 Å². The van der Waals surface area contributed by atoms with Crippen molar-refractivity contribution in [1.82, 2.24) is 10.5 Å². The summed E-state index contributed by atoms with van der Waals surface area (Å²) in [4.78, 5) is 12.6. The molecule has 2 amide bonds. The van der Waals surface area contributed by atoms with Gasteiger partial charge in [-0.2, -0.15) is 0 Å². The highest BCUT2D eigenvalue weighted by Crippen LogP contribution is 2.26. The number of anilines is 1. The van der Waals surface area contributed by atoms with E-state index in [1.165, 1.54) is 11.3 Å². The molecule has 0 saturated carbocycles. The van der Waals surface area contributed by atoms with Crippen molar-refractivity contribution in [1.29, 1.82) is 0 Å². The molecular formula is C13H16ClN3O3S. The predicted octanol–water partition coefficient (Wildman–Crippen LogP) is 3.12. The van der Waals surface area contributed by atoms with Gasteiger partial charge in [0, 0.05) is 11.3 Å². The topological polar surface area (TPSA) is 87.4 Å². The molecule has 114 valence electrons. The predicted molar refractivity (Wildman–Crippen MR) is 81.9 cm³/mol. The Morgan fingerprint density at radius 2 is 2.33 bits per heavy atom. The van der Waals surface area contributed by atoms with Crippen LogP contribution in [0.25, 0.3) is 0 Å². The lowest BCUT2D eigenvalue weighted by Gasteiger charge is -2.11. The minimum absolute atomic E-state index is 0.0917. The molecule has 0 fully saturated rings. The van der Waals surface area contributed by atoms with E-state index >= 15 is 0 Å². The summed E-state index contributed by atoms with van der Waals surface area (Å²) in [5.74, 6) is 0.619. The van der Waals surface area contributed by atoms with Crippen LogP contribution in [-0.4, -0.2) is 22.8 Å². The number of hydrogen-bond acceptors (Lipinski definition) is 5. The molecule has 2 aromatic heterocycles. The number of rotatable bonds is 5. The van der Waals surface area contributed by atoms with Crippen molar-refractivity contribution in [3.63, 3.8) is 0 Å². The number of thiophene rings is 1. The lowest BCUT2D eigenvalue weighted by Crippen LogP contribution is -2.32. The maximum atomic E-state index is 11.8. The molecule has 0 bridgehead atoms. The molecule has 8 heteroatoms. The zero-order chi connectivity index (χ0) is 15.4. The van der Waals surface area contributed by atoms with Gasteiger partial charge in [-0.1, -0.05) is 23.7 Å². The fourth-order valence-electron chi connectivity index (χ4n) is 1.77. The summed E-state index contributed by atoms with van der Waals surface area (Å²) in [6, 6.07) is 3.02. The highest BCUT2D eigenvalue weighted by molar-refractivity contribution is 7.16. The number of halogens is 1. The van der Waals surface area contributed by atoms with Crippen LogP contribution in [0.1, 0.15) is 29.4 Å². The zero-order valence-electron chi connectivity index (χ0n) is 11.6. The molecule has 0 radical (unpaired) electrons. The van der Waals surface area contributed by atoms with Crippen LogP contribution in [0.15, 0.2) is 16.7 Å². The van der Waals surface area contributed by atoms with E-state index in [0.717, 1.165) is 0 Å². The lowest BCUT2D eigenvalue weighted by atomic mass is 10.2. The second kappa shape index (κ2) is 6.93. The zero-order valence-corrected chi connectivity index (χ0v) is 13.2. The Balaban J connectivity index is 1.89. The van der Waals surface area contributed by atoms with Gasteiger partial charge in [-0.15, -0.1) is 11.3 Å². The molecule has 1 atom stereocenters. The number of carbonyl (C=O) groups excluding carboxylic acids is 1. The minimum atomic E-state index is -0.789. The number of aryl methyl sites for hydroxylation is 2. The fraction of sp³-hybridized carbons (Fsp3) is 0.385. The van der Waals surface area contributed by atoms with E-state index < -0.39 is 12.1 Å². The van der Waals surface area contributed by atoms with Gasteiger partial charge in [0.25, 0.3) is 0 Å². The van der Waals surface area contributed by atoms with Crippen molar-refractivity contribution in [3.05, 3.63) is 32.8 Å². The molecule has 2 rings (SSSR count). The summed E-state index contributed by atoms with van der Waals surface area (Å²) in [6.07, 6.45) is -0.158. The number of amides is 2. The van der Waals surface area contributed by atoms with Crippen molar-refractivity contribution in [2.24, 2.45) is 0 Å². The van der Waals surface area contributed by atoms with Crippen molar-refractivity contribution >= 4 is 34.7 Å². The maximum absolute atomic E-state index is 11.8. The molecule has 2 heterocycles. The smallest absolute Gasteiger partial charge is 0.319 e. The average Bonchev–Trinajstić information content (AvgIpc) is 3.03. The third kappa shape index (κ3) is 3.96. The van der Waals surface area contributed by atoms with Crippen molar-refractivity contribution < 1.29 is 14.4 Å². The molecule has 21 heavy (non-hydrogen) atoms. The molecule has 6 nitrogen and oxygen atoms in total. The minimum Gasteiger partial charge on any atom is -0.386 e. The third-order valence-electron chi connectivity index (χ3n) is 2.87. The molecule has 3 N–H and O–H groups in total. The van der Waals surface area contributed by atoms with E-state index in [-0.39, 0.29) is 6.54 Å². The Labute approximate surface area is 131 Å². The van der Waals surface area contributed by atoms with Crippen LogP contribution in [-0.2, 0) is 6.42 Å². The molecular weight excluding hydrogens is 314 g/mol. The van der Waals surface area contributed by atoms with Gasteiger partial charge in [-0.25, -0.2) is 4.79 Å². The molecule has 0 spiro atoms. The third-order valence-corrected chi connectivity index (χ3v) is 4.20. The van der Waals surface area contributed by atoms with E-state index in [1.54, 1.807) is 19.1 Å². The number of carbonyl (C=O) groups is 1. The first-order valence-corrected chi connectivity index (χ1v) is 7.64. The second-order valence-corrected chi connectivity index (χ2v) is 6.16. The number of hydrogen-bond donors (Lipinski definition) is 3. The number of aliphatic hydroxyl groups excluding tert-OH is 1. The van der Waals surface area contributed by atoms with E-state index in [1.807, 2.05) is 6.92 Å². The maximum Gasteiger partial charge on any atom is 0.319 e. The van der Waals surface area contributed by atoms with Gasteiger partial charge in [-0.05, 0) is 19.1 Å². The van der Waals surface area contributed by atoms with Gasteiger partial charge in [0.1, 0.15) is 17.5 Å². The average molecular weight is 330 g/mol. The number of nitrogens with one attached hydrogen (secondary N) is 2. The standard InChI is InChI=1S/C13H16ClN3O3S/c1-3-9-12(7(2)17-20-9)16-13(19)15-6-8(18)10-4-5-11(14)21-10/h4-5,8,18H,3,6H2,1-2H3,(H2,15,16,19). The van der Waals surface area contributed by atoms with E-state index in [2.05, 4.69) is 15.8 Å². The van der Waals surface area contributed by atoms with Crippen LogP contribution in [0, 0.1) is 6.92 Å². The van der Waals surface area contributed by atoms with E-state index in [9.17, 15) is 9.90 Å². The Morgan fingerprint density at radius 1 is 1.57 bits per heavy atom. The van der Waals surface area contributed by atoms with Crippen LogP contribution in [0.3, 0.4) is 0 Å². The summed E-state index contributed by atoms with van der Waals surface area (Å²) in [5, 5.41) is 19.0. The molecule has 2 aromatic rings. The highest BCUT2D eigenvalue weighted by Gasteiger charge is 2.16. The molecule has 0 aliphatic carbocycles. The summed E-state index contributed by atoms with van der Waals surface area (Å²) < 4.78 is 5.69. The van der Waals surface area contributed by atoms with Gasteiger partial charge in [0.15, 0.2) is 5.76 Å². The number of urea groups is 1. The van der Waals surface area contributed by atoms with Crippen LogP contribution in [0.5, 0.6) is 0 Å². The normalized spacial score (nSPS) is 12.2. The highest BCUT2D eigenvalue weighted by atomic mass is 35.5. The Kier molecular flexibility index (Phi) is 5.22. The van der Waals surface area contributed by atoms with Gasteiger partial charge >= 0.3 is 6.03 Å². The Hall–Kier alpha value is -1.57. The summed E-state index contributed by atoms with van der Waals surface area (Å²) >= 11 is 7.08. The first-order chi connectivity index (χ1) is 10.0. The SMILES string of the molecule is CCc1onc(C)c1NC(=O)NCC(O)c1ccc(Cl)s1. The fourth-order valence-corrected chi connectivity index (χ4v) is 2.82. The Bertz CT molecular complexity index is 626. The van der Waals surface area contributed by atoms with E-state index in [0.29, 0.717) is 32.8 Å². The van der Waals surface area contributed by atoms with E-state index in [4.69, 9.17) is 16.1 Å². The molecule has 0 aliphatic rings. The van der Waals surface area contributed by atoms with Gasteiger partial charge in [-0.3, -0.25) is 0 Å². The molecule has 0 aromatic carbocycles. The summed E-state index contributed by atoms with van der Waals surface area (Å²) in [7, 11) is 0. The first kappa shape index (κ1) is 15.8. The van der Waals surface area contributed by atoms with Gasteiger partial charge < -0.3 is 20.3 Å². The quantitative estimate of drug-likeness (QED) is 0.786. The van der Waals surface area contributed by atoms with Crippen molar-refractivity contribution in [2.75, 3.05) is 11.9 Å². The van der Waals surface area contributed by atoms with Gasteiger partial charge in [0.05, 0.1) is 10.9 Å². The second-order valence-electron chi connectivity index (χ2n) is 4.41. The summed E-state index contributed by atoms with van der Waals surface area (Å²) in [6.45, 7) is 3.75.